The number of rotatable bonds is 4. The minimum absolute atomic E-state index is 0.184. The molecule has 0 bridgehead atoms. The van der Waals surface area contributed by atoms with Crippen molar-refractivity contribution in [2.24, 2.45) is 0 Å². The number of anilines is 1. The van der Waals surface area contributed by atoms with Gasteiger partial charge in [-0.3, -0.25) is 9.69 Å². The Hall–Kier alpha value is -3.35. The van der Waals surface area contributed by atoms with Gasteiger partial charge in [-0.1, -0.05) is 12.1 Å². The van der Waals surface area contributed by atoms with E-state index in [-0.39, 0.29) is 18.3 Å². The molecule has 0 saturated heterocycles. The van der Waals surface area contributed by atoms with Gasteiger partial charge in [0.1, 0.15) is 24.1 Å². The molecule has 0 saturated carbocycles. The fourth-order valence-electron chi connectivity index (χ4n) is 2.94. The summed E-state index contributed by atoms with van der Waals surface area (Å²) in [5.41, 5.74) is 1.79. The van der Waals surface area contributed by atoms with Gasteiger partial charge in [0.15, 0.2) is 0 Å². The van der Waals surface area contributed by atoms with Crippen molar-refractivity contribution in [1.82, 2.24) is 9.97 Å². The molecule has 0 aliphatic carbocycles. The first-order valence-corrected chi connectivity index (χ1v) is 8.41. The number of carbonyl (C=O) groups excluding carboxylic acids is 1. The van der Waals surface area contributed by atoms with Gasteiger partial charge in [0.2, 0.25) is 5.88 Å². The number of pyridine rings is 2. The van der Waals surface area contributed by atoms with E-state index in [2.05, 4.69) is 9.97 Å². The number of carbonyl (C=O) groups is 1. The smallest absolute Gasteiger partial charge is 0.261 e. The molecule has 7 heteroatoms. The number of hydrogen-bond donors (Lipinski definition) is 0. The van der Waals surface area contributed by atoms with Crippen LogP contribution in [0.15, 0.2) is 54.7 Å². The summed E-state index contributed by atoms with van der Waals surface area (Å²) in [6.07, 6.45) is 1.61. The van der Waals surface area contributed by atoms with Crippen LogP contribution >= 0.6 is 0 Å². The van der Waals surface area contributed by atoms with Crippen molar-refractivity contribution in [3.63, 3.8) is 0 Å². The summed E-state index contributed by atoms with van der Waals surface area (Å²) in [6, 6.07) is 12.2. The molecule has 136 valence electrons. The van der Waals surface area contributed by atoms with Crippen molar-refractivity contribution in [3.05, 3.63) is 83.2 Å². The van der Waals surface area contributed by atoms with Crippen molar-refractivity contribution in [3.8, 4) is 5.88 Å². The first-order valence-electron chi connectivity index (χ1n) is 8.41. The maximum absolute atomic E-state index is 13.2. The highest BCUT2D eigenvalue weighted by molar-refractivity contribution is 6.07. The van der Waals surface area contributed by atoms with Crippen LogP contribution in [0.4, 0.5) is 14.6 Å². The zero-order valence-electron chi connectivity index (χ0n) is 14.2. The summed E-state index contributed by atoms with van der Waals surface area (Å²) in [5, 5.41) is 0. The van der Waals surface area contributed by atoms with Gasteiger partial charge in [-0.25, -0.2) is 18.7 Å². The average Bonchev–Trinajstić information content (AvgIpc) is 2.68. The predicted octanol–water partition coefficient (Wildman–Crippen LogP) is 3.54. The monoisotopic (exact) mass is 367 g/mol. The zero-order valence-corrected chi connectivity index (χ0v) is 14.2. The predicted molar refractivity (Wildman–Crippen MR) is 94.5 cm³/mol. The number of nitrogens with zero attached hydrogens (tertiary/aromatic N) is 3. The lowest BCUT2D eigenvalue weighted by molar-refractivity contribution is 0.0978. The Kier molecular flexibility index (Phi) is 4.50. The molecule has 3 aromatic rings. The fraction of sp³-hybridized carbons (Fsp3) is 0.150. The molecule has 0 N–H and O–H groups in total. The third-order valence-electron chi connectivity index (χ3n) is 4.26. The number of aromatic nitrogens is 2. The summed E-state index contributed by atoms with van der Waals surface area (Å²) in [4.78, 5) is 22.6. The SMILES string of the molecule is O=C1c2ccc(OCc3cccc(F)c3)nc2CCN1c1ccc(F)cn1. The number of amides is 1. The summed E-state index contributed by atoms with van der Waals surface area (Å²) in [7, 11) is 0. The van der Waals surface area contributed by atoms with Gasteiger partial charge < -0.3 is 4.74 Å². The van der Waals surface area contributed by atoms with Crippen molar-refractivity contribution in [2.45, 2.75) is 13.0 Å². The number of halogens is 2. The minimum Gasteiger partial charge on any atom is -0.473 e. The Balaban J connectivity index is 1.50. The number of hydrogen-bond acceptors (Lipinski definition) is 4. The third-order valence-corrected chi connectivity index (χ3v) is 4.26. The Labute approximate surface area is 154 Å². The second-order valence-electron chi connectivity index (χ2n) is 6.10. The third kappa shape index (κ3) is 3.62. The topological polar surface area (TPSA) is 55.3 Å². The Morgan fingerprint density at radius 3 is 2.74 bits per heavy atom. The van der Waals surface area contributed by atoms with Crippen molar-refractivity contribution in [2.75, 3.05) is 11.4 Å². The second kappa shape index (κ2) is 7.11. The highest BCUT2D eigenvalue weighted by atomic mass is 19.1. The van der Waals surface area contributed by atoms with Crippen LogP contribution in [0.3, 0.4) is 0 Å². The van der Waals surface area contributed by atoms with E-state index in [4.69, 9.17) is 4.74 Å². The number of fused-ring (bicyclic) bond motifs is 1. The van der Waals surface area contributed by atoms with Crippen LogP contribution in [0, 0.1) is 11.6 Å². The van der Waals surface area contributed by atoms with Crippen LogP contribution in [0.25, 0.3) is 0 Å². The van der Waals surface area contributed by atoms with Gasteiger partial charge in [-0.05, 0) is 35.9 Å². The Bertz CT molecular complexity index is 993. The molecule has 5 nitrogen and oxygen atoms in total. The Morgan fingerprint density at radius 1 is 1.07 bits per heavy atom. The van der Waals surface area contributed by atoms with E-state index in [1.165, 1.54) is 29.2 Å². The van der Waals surface area contributed by atoms with Gasteiger partial charge in [0, 0.05) is 19.0 Å². The molecular formula is C20H15F2N3O2. The van der Waals surface area contributed by atoms with Crippen molar-refractivity contribution in [1.29, 1.82) is 0 Å². The van der Waals surface area contributed by atoms with Crippen LogP contribution in [0.5, 0.6) is 5.88 Å². The molecular weight excluding hydrogens is 352 g/mol. The molecule has 2 aromatic heterocycles. The summed E-state index contributed by atoms with van der Waals surface area (Å²) in [5.74, 6) is -0.239. The first kappa shape index (κ1) is 17.1. The maximum Gasteiger partial charge on any atom is 0.261 e. The molecule has 0 spiro atoms. The van der Waals surface area contributed by atoms with Crippen LogP contribution in [-0.2, 0) is 13.0 Å². The minimum atomic E-state index is -0.453. The molecule has 0 unspecified atom stereocenters. The van der Waals surface area contributed by atoms with Gasteiger partial charge >= 0.3 is 0 Å². The van der Waals surface area contributed by atoms with Crippen molar-refractivity contribution >= 4 is 11.7 Å². The first-order chi connectivity index (χ1) is 13.1. The Morgan fingerprint density at radius 2 is 1.96 bits per heavy atom. The molecule has 3 heterocycles. The molecule has 1 aliphatic heterocycles. The van der Waals surface area contributed by atoms with Crippen LogP contribution in [0.1, 0.15) is 21.6 Å². The van der Waals surface area contributed by atoms with Gasteiger partial charge in [-0.15, -0.1) is 0 Å². The zero-order chi connectivity index (χ0) is 18.8. The van der Waals surface area contributed by atoms with Crippen LogP contribution in [-0.4, -0.2) is 22.4 Å². The average molecular weight is 367 g/mol. The standard InChI is InChI=1S/C20H15F2N3O2/c21-14-3-1-2-13(10-14)12-27-19-7-5-16-17(24-19)8-9-25(20(16)26)18-6-4-15(22)11-23-18/h1-7,10-11H,8-9,12H2. The lowest BCUT2D eigenvalue weighted by Gasteiger charge is -2.27. The molecule has 1 aliphatic rings. The number of benzene rings is 1. The molecule has 1 aromatic carbocycles. The van der Waals surface area contributed by atoms with E-state index in [0.717, 1.165) is 6.20 Å². The normalized spacial score (nSPS) is 13.4. The number of ether oxygens (including phenoxy) is 1. The molecule has 0 atom stereocenters. The maximum atomic E-state index is 13.2. The van der Waals surface area contributed by atoms with E-state index in [1.54, 1.807) is 24.3 Å². The van der Waals surface area contributed by atoms with E-state index in [0.29, 0.717) is 41.5 Å². The summed E-state index contributed by atoms with van der Waals surface area (Å²) in [6.45, 7) is 0.577. The molecule has 4 rings (SSSR count). The fourth-order valence-corrected chi connectivity index (χ4v) is 2.94. The lowest BCUT2D eigenvalue weighted by Crippen LogP contribution is -2.38. The summed E-state index contributed by atoms with van der Waals surface area (Å²) >= 11 is 0. The van der Waals surface area contributed by atoms with Gasteiger partial charge in [-0.2, -0.15) is 0 Å². The van der Waals surface area contributed by atoms with Crippen molar-refractivity contribution < 1.29 is 18.3 Å². The second-order valence-corrected chi connectivity index (χ2v) is 6.10. The van der Waals surface area contributed by atoms with E-state index in [9.17, 15) is 13.6 Å². The molecule has 0 radical (unpaired) electrons. The molecule has 27 heavy (non-hydrogen) atoms. The quantitative estimate of drug-likeness (QED) is 0.708. The van der Waals surface area contributed by atoms with E-state index < -0.39 is 5.82 Å². The molecule has 1 amide bonds. The largest absolute Gasteiger partial charge is 0.473 e. The molecule has 0 fully saturated rings. The van der Waals surface area contributed by atoms with Gasteiger partial charge in [0.25, 0.3) is 5.91 Å². The van der Waals surface area contributed by atoms with Gasteiger partial charge in [0.05, 0.1) is 17.5 Å². The lowest BCUT2D eigenvalue weighted by atomic mass is 10.0. The van der Waals surface area contributed by atoms with Crippen LogP contribution in [0.2, 0.25) is 0 Å². The highest BCUT2D eigenvalue weighted by Crippen LogP contribution is 2.24. The van der Waals surface area contributed by atoms with E-state index in [1.807, 2.05) is 0 Å². The van der Waals surface area contributed by atoms with Crippen LogP contribution < -0.4 is 9.64 Å². The highest BCUT2D eigenvalue weighted by Gasteiger charge is 2.27. The summed E-state index contributed by atoms with van der Waals surface area (Å²) < 4.78 is 31.9. The van der Waals surface area contributed by atoms with E-state index >= 15 is 0 Å².